The maximum Gasteiger partial charge on any atom is 0.273 e. The first-order valence-corrected chi connectivity index (χ1v) is 8.85. The number of halogens is 1. The van der Waals surface area contributed by atoms with E-state index >= 15 is 0 Å². The minimum atomic E-state index is -0.252. The van der Waals surface area contributed by atoms with Crippen molar-refractivity contribution in [2.45, 2.75) is 6.42 Å². The van der Waals surface area contributed by atoms with Gasteiger partial charge in [-0.3, -0.25) is 10.1 Å². The molecule has 2 aromatic rings. The molecule has 0 bridgehead atoms. The highest BCUT2D eigenvalue weighted by molar-refractivity contribution is 7.80. The third kappa shape index (κ3) is 4.74. The van der Waals surface area contributed by atoms with Crippen LogP contribution in [0.3, 0.4) is 0 Å². The number of thiocarbonyl (C=S) groups is 1. The summed E-state index contributed by atoms with van der Waals surface area (Å²) in [5.74, 6) is 1.09. The summed E-state index contributed by atoms with van der Waals surface area (Å²) in [4.78, 5) is 11.8. The molecule has 134 valence electrons. The van der Waals surface area contributed by atoms with Gasteiger partial charge in [0.25, 0.3) is 5.91 Å². The predicted molar refractivity (Wildman–Crippen MR) is 105 cm³/mol. The van der Waals surface area contributed by atoms with Crippen LogP contribution in [0.1, 0.15) is 12.0 Å². The Morgan fingerprint density at radius 3 is 2.31 bits per heavy atom. The van der Waals surface area contributed by atoms with E-state index < -0.39 is 0 Å². The van der Waals surface area contributed by atoms with Crippen LogP contribution in [0.15, 0.2) is 54.2 Å². The van der Waals surface area contributed by atoms with Crippen molar-refractivity contribution in [3.05, 3.63) is 64.8 Å². The van der Waals surface area contributed by atoms with Crippen molar-refractivity contribution >= 4 is 40.9 Å². The lowest BCUT2D eigenvalue weighted by Gasteiger charge is -2.11. The van der Waals surface area contributed by atoms with Gasteiger partial charge in [-0.2, -0.15) is 0 Å². The van der Waals surface area contributed by atoms with E-state index in [1.807, 2.05) is 42.5 Å². The summed E-state index contributed by atoms with van der Waals surface area (Å²) < 4.78 is 11.5. The monoisotopic (exact) mass is 388 g/mol. The first kappa shape index (κ1) is 18.2. The second kappa shape index (κ2) is 8.69. The number of hydrogen-bond donors (Lipinski definition) is 2. The van der Waals surface area contributed by atoms with Crippen LogP contribution in [0.5, 0.6) is 11.5 Å². The molecule has 26 heavy (non-hydrogen) atoms. The minimum Gasteiger partial charge on any atom is -0.493 e. The fourth-order valence-corrected chi connectivity index (χ4v) is 2.75. The number of carbonyl (C=O) groups is 1. The molecule has 0 unspecified atom stereocenters. The molecule has 1 heterocycles. The smallest absolute Gasteiger partial charge is 0.273 e. The lowest BCUT2D eigenvalue weighted by Crippen LogP contribution is -2.21. The molecule has 0 atom stereocenters. The van der Waals surface area contributed by atoms with Gasteiger partial charge in [0.2, 0.25) is 0 Å². The number of rotatable bonds is 7. The Kier molecular flexibility index (Phi) is 6.09. The van der Waals surface area contributed by atoms with Gasteiger partial charge in [0.05, 0.1) is 18.2 Å². The van der Waals surface area contributed by atoms with Gasteiger partial charge in [-0.25, -0.2) is 0 Å². The molecule has 7 heteroatoms. The molecule has 1 fully saturated rings. The number of hydrogen-bond acceptors (Lipinski definition) is 4. The number of carbonyl (C=O) groups excluding carboxylic acids is 1. The van der Waals surface area contributed by atoms with Gasteiger partial charge in [-0.1, -0.05) is 41.9 Å². The van der Waals surface area contributed by atoms with Crippen molar-refractivity contribution in [1.82, 2.24) is 10.6 Å². The Morgan fingerprint density at radius 1 is 0.962 bits per heavy atom. The van der Waals surface area contributed by atoms with E-state index in [1.165, 1.54) is 0 Å². The van der Waals surface area contributed by atoms with Crippen LogP contribution in [0.4, 0.5) is 0 Å². The van der Waals surface area contributed by atoms with Crippen molar-refractivity contribution < 1.29 is 14.3 Å². The molecule has 1 amide bonds. The highest BCUT2D eigenvalue weighted by Crippen LogP contribution is 2.24. The van der Waals surface area contributed by atoms with Crippen LogP contribution in [0.25, 0.3) is 6.08 Å². The second-order valence-electron chi connectivity index (χ2n) is 5.48. The topological polar surface area (TPSA) is 59.6 Å². The van der Waals surface area contributed by atoms with E-state index in [4.69, 9.17) is 33.3 Å². The highest BCUT2D eigenvalue weighted by atomic mass is 35.5. The van der Waals surface area contributed by atoms with Crippen LogP contribution in [0.2, 0.25) is 5.02 Å². The Bertz CT molecular complexity index is 854. The molecule has 2 aromatic carbocycles. The maximum atomic E-state index is 11.8. The van der Waals surface area contributed by atoms with Gasteiger partial charge in [-0.15, -0.1) is 0 Å². The van der Waals surface area contributed by atoms with Gasteiger partial charge in [0.1, 0.15) is 17.2 Å². The number of amides is 1. The highest BCUT2D eigenvalue weighted by Gasteiger charge is 2.20. The van der Waals surface area contributed by atoms with Crippen LogP contribution in [-0.2, 0) is 4.79 Å². The summed E-state index contributed by atoms with van der Waals surface area (Å²) in [6.45, 7) is 0.966. The quantitative estimate of drug-likeness (QED) is 0.431. The summed E-state index contributed by atoms with van der Waals surface area (Å²) in [7, 11) is 0. The average molecular weight is 389 g/mol. The van der Waals surface area contributed by atoms with Crippen molar-refractivity contribution in [3.8, 4) is 11.5 Å². The van der Waals surface area contributed by atoms with Crippen molar-refractivity contribution in [2.75, 3.05) is 13.2 Å². The molecule has 0 aromatic heterocycles. The molecule has 2 N–H and O–H groups in total. The SMILES string of the molecule is O=C1NC(=S)NC1=Cc1ccccc1OCCCOc1ccccc1Cl. The first-order valence-electron chi connectivity index (χ1n) is 8.06. The van der Waals surface area contributed by atoms with E-state index in [1.54, 1.807) is 12.1 Å². The normalized spacial score (nSPS) is 14.9. The number of benzene rings is 2. The molecule has 3 rings (SSSR count). The average Bonchev–Trinajstić information content (AvgIpc) is 2.94. The summed E-state index contributed by atoms with van der Waals surface area (Å²) in [6.07, 6.45) is 2.41. The Hall–Kier alpha value is -2.57. The summed E-state index contributed by atoms with van der Waals surface area (Å²) >= 11 is 11.0. The number of nitrogens with one attached hydrogen (secondary N) is 2. The first-order chi connectivity index (χ1) is 12.6. The molecule has 0 radical (unpaired) electrons. The van der Waals surface area contributed by atoms with Crippen LogP contribution < -0.4 is 20.1 Å². The second-order valence-corrected chi connectivity index (χ2v) is 6.30. The molecule has 1 saturated heterocycles. The van der Waals surface area contributed by atoms with E-state index in [2.05, 4.69) is 10.6 Å². The molecule has 1 aliphatic heterocycles. The van der Waals surface area contributed by atoms with Gasteiger partial charge < -0.3 is 14.8 Å². The molecular formula is C19H17ClN2O3S. The van der Waals surface area contributed by atoms with Crippen LogP contribution in [-0.4, -0.2) is 24.2 Å². The fraction of sp³-hybridized carbons (Fsp3) is 0.158. The molecule has 0 saturated carbocycles. The minimum absolute atomic E-state index is 0.252. The van der Waals surface area contributed by atoms with Gasteiger partial charge >= 0.3 is 0 Å². The molecule has 1 aliphatic rings. The standard InChI is InChI=1S/C19H17ClN2O3S/c20-14-7-2-4-9-17(14)25-11-5-10-24-16-8-3-1-6-13(16)12-15-18(23)22-19(26)21-15/h1-4,6-9,12H,5,10-11H2,(H2,21,22,23,26). The van der Waals surface area contributed by atoms with Gasteiger partial charge in [0.15, 0.2) is 5.11 Å². The Morgan fingerprint density at radius 2 is 1.62 bits per heavy atom. The van der Waals surface area contributed by atoms with E-state index in [-0.39, 0.29) is 5.91 Å². The molecule has 0 spiro atoms. The summed E-state index contributed by atoms with van der Waals surface area (Å²) in [6, 6.07) is 14.8. The zero-order valence-corrected chi connectivity index (χ0v) is 15.4. The Labute approximate surface area is 161 Å². The third-order valence-corrected chi connectivity index (χ3v) is 4.10. The maximum absolute atomic E-state index is 11.8. The Balaban J connectivity index is 1.54. The summed E-state index contributed by atoms with van der Waals surface area (Å²) in [5.41, 5.74) is 1.19. The molecular weight excluding hydrogens is 372 g/mol. The predicted octanol–water partition coefficient (Wildman–Crippen LogP) is 3.53. The van der Waals surface area contributed by atoms with E-state index in [9.17, 15) is 4.79 Å². The van der Waals surface area contributed by atoms with Crippen molar-refractivity contribution in [3.63, 3.8) is 0 Å². The zero-order chi connectivity index (χ0) is 18.4. The van der Waals surface area contributed by atoms with E-state index in [0.717, 1.165) is 5.56 Å². The fourth-order valence-electron chi connectivity index (χ4n) is 2.35. The lowest BCUT2D eigenvalue weighted by molar-refractivity contribution is -0.115. The number of para-hydroxylation sites is 2. The largest absolute Gasteiger partial charge is 0.493 e. The van der Waals surface area contributed by atoms with Gasteiger partial charge in [-0.05, 0) is 36.5 Å². The zero-order valence-electron chi connectivity index (χ0n) is 13.8. The molecule has 0 aliphatic carbocycles. The van der Waals surface area contributed by atoms with Gasteiger partial charge in [0, 0.05) is 12.0 Å². The number of ether oxygens (including phenoxy) is 2. The van der Waals surface area contributed by atoms with Crippen LogP contribution in [0, 0.1) is 0 Å². The molecule has 5 nitrogen and oxygen atoms in total. The van der Waals surface area contributed by atoms with E-state index in [0.29, 0.717) is 47.0 Å². The van der Waals surface area contributed by atoms with Crippen LogP contribution >= 0.6 is 23.8 Å². The van der Waals surface area contributed by atoms with Crippen molar-refractivity contribution in [1.29, 1.82) is 0 Å². The third-order valence-electron chi connectivity index (χ3n) is 3.58. The summed E-state index contributed by atoms with van der Waals surface area (Å²) in [5, 5.41) is 6.25. The van der Waals surface area contributed by atoms with Crippen molar-refractivity contribution in [2.24, 2.45) is 0 Å². The lowest BCUT2D eigenvalue weighted by atomic mass is 10.1.